The average Bonchev–Trinajstić information content (AvgIpc) is 2.54. The Morgan fingerprint density at radius 3 is 2.65 bits per heavy atom. The van der Waals surface area contributed by atoms with Gasteiger partial charge in [0.15, 0.2) is 5.75 Å². The first kappa shape index (κ1) is 18.7. The number of hydrogen-bond donors (Lipinski definition) is 0. The summed E-state index contributed by atoms with van der Waals surface area (Å²) in [6.07, 6.45) is 8.47. The van der Waals surface area contributed by atoms with Crippen LogP contribution in [0, 0.1) is 21.4 Å². The fourth-order valence-electron chi connectivity index (χ4n) is 2.24. The first-order valence-corrected chi connectivity index (χ1v) is 8.08. The molecule has 0 radical (unpaired) electrons. The summed E-state index contributed by atoms with van der Waals surface area (Å²) < 4.78 is 5.56. The van der Waals surface area contributed by atoms with Gasteiger partial charge in [-0.05, 0) is 31.1 Å². The Bertz CT molecular complexity index is 588. The SMILES string of the molecule is CCCCCCCCOc1ccc(/C=C(/C)C#N)cc1[N+](=O)[O-]. The van der Waals surface area contributed by atoms with Crippen molar-refractivity contribution in [3.63, 3.8) is 0 Å². The molecule has 0 N–H and O–H groups in total. The minimum Gasteiger partial charge on any atom is -0.487 e. The van der Waals surface area contributed by atoms with E-state index < -0.39 is 4.92 Å². The highest BCUT2D eigenvalue weighted by molar-refractivity contribution is 5.62. The van der Waals surface area contributed by atoms with E-state index in [0.717, 1.165) is 12.8 Å². The highest BCUT2D eigenvalue weighted by Crippen LogP contribution is 2.29. The summed E-state index contributed by atoms with van der Waals surface area (Å²) in [6, 6.07) is 6.77. The van der Waals surface area contributed by atoms with E-state index in [1.165, 1.54) is 31.7 Å². The van der Waals surface area contributed by atoms with Crippen LogP contribution >= 0.6 is 0 Å². The Morgan fingerprint density at radius 1 is 1.30 bits per heavy atom. The van der Waals surface area contributed by atoms with E-state index in [4.69, 9.17) is 10.00 Å². The molecule has 0 unspecified atom stereocenters. The quantitative estimate of drug-likeness (QED) is 0.255. The number of nitro groups is 1. The van der Waals surface area contributed by atoms with Gasteiger partial charge in [0.1, 0.15) is 0 Å². The Kier molecular flexibility index (Phi) is 8.45. The molecule has 0 fully saturated rings. The summed E-state index contributed by atoms with van der Waals surface area (Å²) >= 11 is 0. The van der Waals surface area contributed by atoms with Crippen molar-refractivity contribution < 1.29 is 9.66 Å². The average molecular weight is 316 g/mol. The fourth-order valence-corrected chi connectivity index (χ4v) is 2.24. The van der Waals surface area contributed by atoms with Crippen molar-refractivity contribution in [3.8, 4) is 11.8 Å². The molecule has 0 saturated carbocycles. The second kappa shape index (κ2) is 10.4. The standard InChI is InChI=1S/C18H24N2O3/c1-3-4-5-6-7-8-11-23-18-10-9-16(12-15(2)14-19)13-17(18)20(21)22/h9-10,12-13H,3-8,11H2,1-2H3/b15-12-. The molecular formula is C18H24N2O3. The maximum Gasteiger partial charge on any atom is 0.311 e. The first-order valence-electron chi connectivity index (χ1n) is 8.08. The van der Waals surface area contributed by atoms with Gasteiger partial charge in [0, 0.05) is 11.6 Å². The number of rotatable bonds is 10. The van der Waals surface area contributed by atoms with Gasteiger partial charge in [-0.3, -0.25) is 10.1 Å². The third-order valence-corrected chi connectivity index (χ3v) is 3.49. The normalized spacial score (nSPS) is 11.1. The lowest BCUT2D eigenvalue weighted by molar-refractivity contribution is -0.385. The van der Waals surface area contributed by atoms with Crippen molar-refractivity contribution in [1.29, 1.82) is 5.26 Å². The lowest BCUT2D eigenvalue weighted by atomic mass is 10.1. The van der Waals surface area contributed by atoms with Gasteiger partial charge in [0.25, 0.3) is 0 Å². The zero-order valence-corrected chi connectivity index (χ0v) is 13.9. The summed E-state index contributed by atoms with van der Waals surface area (Å²) in [4.78, 5) is 10.7. The minimum absolute atomic E-state index is 0.0597. The molecule has 0 aliphatic heterocycles. The molecular weight excluding hydrogens is 292 g/mol. The van der Waals surface area contributed by atoms with Gasteiger partial charge in [-0.25, -0.2) is 0 Å². The fraction of sp³-hybridized carbons (Fsp3) is 0.500. The van der Waals surface area contributed by atoms with Gasteiger partial charge in [-0.2, -0.15) is 5.26 Å². The number of nitrogens with zero attached hydrogens (tertiary/aromatic N) is 2. The van der Waals surface area contributed by atoms with Crippen molar-refractivity contribution >= 4 is 11.8 Å². The van der Waals surface area contributed by atoms with E-state index in [9.17, 15) is 10.1 Å². The van der Waals surface area contributed by atoms with E-state index in [-0.39, 0.29) is 11.4 Å². The number of unbranched alkanes of at least 4 members (excludes halogenated alkanes) is 5. The van der Waals surface area contributed by atoms with Gasteiger partial charge >= 0.3 is 5.69 Å². The molecule has 0 aliphatic carbocycles. The first-order chi connectivity index (χ1) is 11.1. The van der Waals surface area contributed by atoms with Crippen LogP contribution in [0.15, 0.2) is 23.8 Å². The molecule has 1 aromatic carbocycles. The second-order valence-corrected chi connectivity index (χ2v) is 5.54. The molecule has 0 heterocycles. The molecule has 0 atom stereocenters. The molecule has 0 aromatic heterocycles. The van der Waals surface area contributed by atoms with Crippen molar-refractivity contribution in [2.24, 2.45) is 0 Å². The van der Waals surface area contributed by atoms with E-state index in [0.29, 0.717) is 17.7 Å². The van der Waals surface area contributed by atoms with Crippen LogP contribution in [-0.4, -0.2) is 11.5 Å². The molecule has 0 bridgehead atoms. The third kappa shape index (κ3) is 6.96. The molecule has 0 spiro atoms. The summed E-state index contributed by atoms with van der Waals surface area (Å²) in [5.74, 6) is 0.287. The lowest BCUT2D eigenvalue weighted by Crippen LogP contribution is -2.01. The van der Waals surface area contributed by atoms with E-state index >= 15 is 0 Å². The van der Waals surface area contributed by atoms with Crippen LogP contribution in [0.3, 0.4) is 0 Å². The zero-order chi connectivity index (χ0) is 17.1. The number of ether oxygens (including phenoxy) is 1. The Morgan fingerprint density at radius 2 is 2.00 bits per heavy atom. The monoisotopic (exact) mass is 316 g/mol. The topological polar surface area (TPSA) is 76.2 Å². The highest BCUT2D eigenvalue weighted by Gasteiger charge is 2.15. The summed E-state index contributed by atoms with van der Waals surface area (Å²) in [6.45, 7) is 4.33. The van der Waals surface area contributed by atoms with Crippen molar-refractivity contribution in [1.82, 2.24) is 0 Å². The number of allylic oxidation sites excluding steroid dienone is 1. The van der Waals surface area contributed by atoms with Crippen molar-refractivity contribution in [3.05, 3.63) is 39.4 Å². The summed E-state index contributed by atoms with van der Waals surface area (Å²) in [7, 11) is 0. The van der Waals surface area contributed by atoms with Crippen molar-refractivity contribution in [2.45, 2.75) is 52.4 Å². The van der Waals surface area contributed by atoms with Crippen LogP contribution in [0.2, 0.25) is 0 Å². The zero-order valence-electron chi connectivity index (χ0n) is 13.9. The molecule has 124 valence electrons. The molecule has 5 heteroatoms. The maximum atomic E-state index is 11.2. The molecule has 23 heavy (non-hydrogen) atoms. The number of nitriles is 1. The summed E-state index contributed by atoms with van der Waals surface area (Å²) in [5, 5.41) is 19.9. The molecule has 1 rings (SSSR count). The maximum absolute atomic E-state index is 11.2. The number of benzene rings is 1. The lowest BCUT2D eigenvalue weighted by Gasteiger charge is -2.07. The highest BCUT2D eigenvalue weighted by atomic mass is 16.6. The predicted molar refractivity (Wildman–Crippen MR) is 91.2 cm³/mol. The van der Waals surface area contributed by atoms with Crippen LogP contribution in [0.25, 0.3) is 6.08 Å². The third-order valence-electron chi connectivity index (χ3n) is 3.49. The van der Waals surface area contributed by atoms with Crippen LogP contribution in [0.4, 0.5) is 5.69 Å². The van der Waals surface area contributed by atoms with Crippen LogP contribution < -0.4 is 4.74 Å². The van der Waals surface area contributed by atoms with Gasteiger partial charge in [0.2, 0.25) is 0 Å². The molecule has 1 aromatic rings. The van der Waals surface area contributed by atoms with E-state index in [1.54, 1.807) is 25.1 Å². The van der Waals surface area contributed by atoms with Crippen LogP contribution in [0.5, 0.6) is 5.75 Å². The van der Waals surface area contributed by atoms with Crippen molar-refractivity contribution in [2.75, 3.05) is 6.61 Å². The molecule has 0 amide bonds. The largest absolute Gasteiger partial charge is 0.487 e. The summed E-state index contributed by atoms with van der Waals surface area (Å²) in [5.41, 5.74) is 1.07. The minimum atomic E-state index is -0.449. The Hall–Kier alpha value is -2.35. The van der Waals surface area contributed by atoms with Gasteiger partial charge < -0.3 is 4.74 Å². The van der Waals surface area contributed by atoms with Gasteiger partial charge in [-0.15, -0.1) is 0 Å². The van der Waals surface area contributed by atoms with E-state index in [2.05, 4.69) is 6.92 Å². The predicted octanol–water partition coefficient (Wildman–Crippen LogP) is 5.26. The van der Waals surface area contributed by atoms with Gasteiger partial charge in [0.05, 0.1) is 17.6 Å². The van der Waals surface area contributed by atoms with Crippen LogP contribution in [-0.2, 0) is 0 Å². The van der Waals surface area contributed by atoms with Crippen LogP contribution in [0.1, 0.15) is 57.9 Å². The molecule has 0 saturated heterocycles. The molecule has 0 aliphatic rings. The Labute approximate surface area is 137 Å². The van der Waals surface area contributed by atoms with E-state index in [1.807, 2.05) is 6.07 Å². The molecule has 5 nitrogen and oxygen atoms in total. The smallest absolute Gasteiger partial charge is 0.311 e. The number of nitro benzene ring substituents is 1. The van der Waals surface area contributed by atoms with Gasteiger partial charge in [-0.1, -0.05) is 45.1 Å². The Balaban J connectivity index is 2.61. The second-order valence-electron chi connectivity index (χ2n) is 5.54. The number of hydrogen-bond acceptors (Lipinski definition) is 4.